The van der Waals surface area contributed by atoms with Crippen LogP contribution in [0.3, 0.4) is 0 Å². The van der Waals surface area contributed by atoms with Crippen molar-refractivity contribution in [1.82, 2.24) is 9.88 Å². The summed E-state index contributed by atoms with van der Waals surface area (Å²) in [5, 5.41) is 3.05. The Kier molecular flexibility index (Phi) is 4.93. The van der Waals surface area contributed by atoms with Crippen LogP contribution in [0.2, 0.25) is 0 Å². The van der Waals surface area contributed by atoms with E-state index in [-0.39, 0.29) is 5.91 Å². The zero-order chi connectivity index (χ0) is 17.1. The number of nitrogens with one attached hydrogen (secondary N) is 1. The molecule has 1 N–H and O–H groups in total. The molecule has 4 heteroatoms. The van der Waals surface area contributed by atoms with Gasteiger partial charge >= 0.3 is 0 Å². The molecule has 0 atom stereocenters. The van der Waals surface area contributed by atoms with Crippen molar-refractivity contribution in [2.75, 3.05) is 7.11 Å². The van der Waals surface area contributed by atoms with Gasteiger partial charge in [0.05, 0.1) is 7.11 Å². The monoisotopic (exact) mass is 326 g/mol. The molecule has 24 heavy (non-hydrogen) atoms. The van der Waals surface area contributed by atoms with Gasteiger partial charge in [-0.05, 0) is 62.4 Å². The second-order valence-electron chi connectivity index (χ2n) is 6.63. The van der Waals surface area contributed by atoms with Crippen LogP contribution in [0.25, 0.3) is 0 Å². The number of rotatable bonds is 7. The highest BCUT2D eigenvalue weighted by molar-refractivity contribution is 5.76. The summed E-state index contributed by atoms with van der Waals surface area (Å²) < 4.78 is 7.63. The Morgan fingerprint density at radius 1 is 1.29 bits per heavy atom. The van der Waals surface area contributed by atoms with Crippen molar-refractivity contribution in [2.24, 2.45) is 0 Å². The van der Waals surface area contributed by atoms with Gasteiger partial charge in [-0.1, -0.05) is 12.1 Å². The van der Waals surface area contributed by atoms with Crippen molar-refractivity contribution in [1.29, 1.82) is 0 Å². The smallest absolute Gasteiger partial charge is 0.220 e. The molecule has 0 aliphatic heterocycles. The Morgan fingerprint density at radius 2 is 2.08 bits per heavy atom. The quantitative estimate of drug-likeness (QED) is 0.843. The van der Waals surface area contributed by atoms with Crippen molar-refractivity contribution in [3.05, 3.63) is 52.8 Å². The summed E-state index contributed by atoms with van der Waals surface area (Å²) in [5.74, 6) is 0.925. The standard InChI is InChI=1S/C20H26N2O2/c1-14-11-17(15(2)22(14)18-8-9-18)13-21-20(23)10-7-16-5-4-6-19(12-16)24-3/h4-6,11-12,18H,7-10,13H2,1-3H3,(H,21,23). The molecule has 1 fully saturated rings. The zero-order valence-electron chi connectivity index (χ0n) is 14.8. The fraction of sp³-hybridized carbons (Fsp3) is 0.450. The average Bonchev–Trinajstić information content (AvgIpc) is 3.37. The summed E-state index contributed by atoms with van der Waals surface area (Å²) >= 11 is 0. The molecule has 0 bridgehead atoms. The predicted octanol–water partition coefficient (Wildman–Crippen LogP) is 3.70. The van der Waals surface area contributed by atoms with E-state index in [1.165, 1.54) is 29.8 Å². The van der Waals surface area contributed by atoms with Gasteiger partial charge in [0, 0.05) is 30.4 Å². The van der Waals surface area contributed by atoms with Gasteiger partial charge in [0.25, 0.3) is 0 Å². The number of aromatic nitrogens is 1. The molecule has 1 aromatic carbocycles. The molecule has 1 amide bonds. The molecule has 1 saturated carbocycles. The third kappa shape index (κ3) is 3.81. The van der Waals surface area contributed by atoms with Crippen LogP contribution in [-0.2, 0) is 17.8 Å². The normalized spacial score (nSPS) is 13.8. The third-order valence-corrected chi connectivity index (χ3v) is 4.75. The van der Waals surface area contributed by atoms with Crippen LogP contribution in [0.1, 0.15) is 47.8 Å². The molecule has 4 nitrogen and oxygen atoms in total. The Labute approximate surface area is 143 Å². The van der Waals surface area contributed by atoms with Crippen molar-refractivity contribution in [3.63, 3.8) is 0 Å². The molecule has 1 aliphatic carbocycles. The zero-order valence-corrected chi connectivity index (χ0v) is 14.8. The molecule has 0 radical (unpaired) electrons. The van der Waals surface area contributed by atoms with Crippen LogP contribution in [0, 0.1) is 13.8 Å². The summed E-state index contributed by atoms with van der Waals surface area (Å²) in [6.07, 6.45) is 3.78. The Balaban J connectivity index is 1.51. The number of aryl methyl sites for hydroxylation is 2. The van der Waals surface area contributed by atoms with Gasteiger partial charge in [-0.3, -0.25) is 4.79 Å². The van der Waals surface area contributed by atoms with Crippen molar-refractivity contribution >= 4 is 5.91 Å². The summed E-state index contributed by atoms with van der Waals surface area (Å²) in [6.45, 7) is 4.92. The van der Waals surface area contributed by atoms with Crippen LogP contribution in [0.5, 0.6) is 5.75 Å². The van der Waals surface area contributed by atoms with Crippen LogP contribution in [0.15, 0.2) is 30.3 Å². The van der Waals surface area contributed by atoms with E-state index in [0.717, 1.165) is 17.7 Å². The lowest BCUT2D eigenvalue weighted by Crippen LogP contribution is -2.23. The van der Waals surface area contributed by atoms with Crippen LogP contribution in [0.4, 0.5) is 0 Å². The van der Waals surface area contributed by atoms with Crippen LogP contribution in [-0.4, -0.2) is 17.6 Å². The molecule has 0 saturated heterocycles. The molecule has 0 spiro atoms. The first-order valence-electron chi connectivity index (χ1n) is 8.65. The van der Waals surface area contributed by atoms with E-state index in [9.17, 15) is 4.79 Å². The molecular weight excluding hydrogens is 300 g/mol. The van der Waals surface area contributed by atoms with Crippen LogP contribution < -0.4 is 10.1 Å². The lowest BCUT2D eigenvalue weighted by Gasteiger charge is -2.09. The number of amides is 1. The number of methoxy groups -OCH3 is 1. The van der Waals surface area contributed by atoms with Gasteiger partial charge in [0.15, 0.2) is 0 Å². The highest BCUT2D eigenvalue weighted by Gasteiger charge is 2.26. The summed E-state index contributed by atoms with van der Waals surface area (Å²) in [7, 11) is 1.66. The molecule has 1 heterocycles. The molecule has 1 aliphatic rings. The SMILES string of the molecule is COc1cccc(CCC(=O)NCc2cc(C)n(C3CC3)c2C)c1. The summed E-state index contributed by atoms with van der Waals surface area (Å²) in [4.78, 5) is 12.1. The first kappa shape index (κ1) is 16.6. The highest BCUT2D eigenvalue weighted by atomic mass is 16.5. The first-order valence-corrected chi connectivity index (χ1v) is 8.65. The van der Waals surface area contributed by atoms with Gasteiger partial charge < -0.3 is 14.6 Å². The van der Waals surface area contributed by atoms with Crippen LogP contribution >= 0.6 is 0 Å². The lowest BCUT2D eigenvalue weighted by molar-refractivity contribution is -0.121. The Morgan fingerprint density at radius 3 is 2.79 bits per heavy atom. The molecule has 2 aromatic rings. The number of benzene rings is 1. The topological polar surface area (TPSA) is 43.3 Å². The van der Waals surface area contributed by atoms with Crippen molar-refractivity contribution in [2.45, 2.75) is 52.1 Å². The number of carbonyl (C=O) groups excluding carboxylic acids is 1. The number of ether oxygens (including phenoxy) is 1. The Bertz CT molecular complexity index is 729. The van der Waals surface area contributed by atoms with Gasteiger partial charge in [0.2, 0.25) is 5.91 Å². The maximum atomic E-state index is 12.1. The second-order valence-corrected chi connectivity index (χ2v) is 6.63. The number of nitrogens with zero attached hydrogens (tertiary/aromatic N) is 1. The largest absolute Gasteiger partial charge is 0.497 e. The average molecular weight is 326 g/mol. The minimum Gasteiger partial charge on any atom is -0.497 e. The third-order valence-electron chi connectivity index (χ3n) is 4.75. The van der Waals surface area contributed by atoms with E-state index in [4.69, 9.17) is 4.74 Å². The first-order chi connectivity index (χ1) is 11.6. The van der Waals surface area contributed by atoms with Crippen molar-refractivity contribution in [3.8, 4) is 5.75 Å². The minimum absolute atomic E-state index is 0.0917. The molecule has 3 rings (SSSR count). The van der Waals surface area contributed by atoms with E-state index < -0.39 is 0 Å². The van der Waals surface area contributed by atoms with E-state index in [2.05, 4.69) is 29.8 Å². The maximum Gasteiger partial charge on any atom is 0.220 e. The molecule has 128 valence electrons. The van der Waals surface area contributed by atoms with E-state index in [1.54, 1.807) is 7.11 Å². The molecule has 0 unspecified atom stereocenters. The molecule has 1 aromatic heterocycles. The predicted molar refractivity (Wildman–Crippen MR) is 95.3 cm³/mol. The van der Waals surface area contributed by atoms with Gasteiger partial charge in [-0.25, -0.2) is 0 Å². The maximum absolute atomic E-state index is 12.1. The lowest BCUT2D eigenvalue weighted by atomic mass is 10.1. The second kappa shape index (κ2) is 7.12. The Hall–Kier alpha value is -2.23. The van der Waals surface area contributed by atoms with Gasteiger partial charge in [-0.2, -0.15) is 0 Å². The highest BCUT2D eigenvalue weighted by Crippen LogP contribution is 2.38. The number of hydrogen-bond acceptors (Lipinski definition) is 2. The fourth-order valence-electron chi connectivity index (χ4n) is 3.29. The van der Waals surface area contributed by atoms with E-state index in [0.29, 0.717) is 19.0 Å². The summed E-state index contributed by atoms with van der Waals surface area (Å²) in [6, 6.07) is 10.8. The van der Waals surface area contributed by atoms with E-state index in [1.807, 2.05) is 24.3 Å². The van der Waals surface area contributed by atoms with Crippen molar-refractivity contribution < 1.29 is 9.53 Å². The number of hydrogen-bond donors (Lipinski definition) is 1. The van der Waals surface area contributed by atoms with Gasteiger partial charge in [0.1, 0.15) is 5.75 Å². The van der Waals surface area contributed by atoms with E-state index >= 15 is 0 Å². The fourth-order valence-corrected chi connectivity index (χ4v) is 3.29. The van der Waals surface area contributed by atoms with Gasteiger partial charge in [-0.15, -0.1) is 0 Å². The minimum atomic E-state index is 0.0917. The summed E-state index contributed by atoms with van der Waals surface area (Å²) in [5.41, 5.74) is 4.95. The molecular formula is C20H26N2O2. The number of carbonyl (C=O) groups is 1.